The van der Waals surface area contributed by atoms with E-state index in [0.717, 1.165) is 19.0 Å². The number of thioether (sulfide) groups is 1. The van der Waals surface area contributed by atoms with Gasteiger partial charge in [0.15, 0.2) is 0 Å². The highest BCUT2D eigenvalue weighted by atomic mass is 32.2. The highest BCUT2D eigenvalue weighted by Crippen LogP contribution is 2.08. The second-order valence-electron chi connectivity index (χ2n) is 4.43. The van der Waals surface area contributed by atoms with Crippen molar-refractivity contribution < 1.29 is 0 Å². The number of hydrogen-bond donors (Lipinski definition) is 1. The molecule has 1 heterocycles. The molecule has 0 bridgehead atoms. The zero-order chi connectivity index (χ0) is 11.6. The van der Waals surface area contributed by atoms with Crippen molar-refractivity contribution in [1.82, 2.24) is 5.32 Å². The van der Waals surface area contributed by atoms with E-state index in [1.54, 1.807) is 11.3 Å². The van der Waals surface area contributed by atoms with Crippen molar-refractivity contribution in [3.8, 4) is 0 Å². The number of hydrogen-bond acceptors (Lipinski definition) is 3. The molecule has 0 amide bonds. The van der Waals surface area contributed by atoms with E-state index < -0.39 is 0 Å². The molecule has 0 aliphatic heterocycles. The quantitative estimate of drug-likeness (QED) is 0.678. The number of nitrogens with one attached hydrogen (secondary N) is 1. The standard InChI is InChI=1S/C13H23NS2/c1-12(2)4-8-15-10-7-14-6-3-13-5-9-16-11-13/h5,9,11-12,14H,3-4,6-8,10H2,1-2H3. The molecule has 0 aliphatic rings. The maximum atomic E-state index is 3.50. The first-order valence-corrected chi connectivity index (χ1v) is 8.18. The summed E-state index contributed by atoms with van der Waals surface area (Å²) in [4.78, 5) is 0. The Balaban J connectivity index is 1.82. The molecule has 1 N–H and O–H groups in total. The first-order chi connectivity index (χ1) is 7.79. The van der Waals surface area contributed by atoms with Crippen LogP contribution >= 0.6 is 23.1 Å². The monoisotopic (exact) mass is 257 g/mol. The van der Waals surface area contributed by atoms with Crippen LogP contribution in [0.3, 0.4) is 0 Å². The molecule has 0 aromatic carbocycles. The molecule has 0 radical (unpaired) electrons. The van der Waals surface area contributed by atoms with E-state index in [0.29, 0.717) is 0 Å². The average Bonchev–Trinajstić information content (AvgIpc) is 2.74. The van der Waals surface area contributed by atoms with Crippen LogP contribution in [-0.4, -0.2) is 24.6 Å². The molecule has 0 fully saturated rings. The molecule has 1 aromatic rings. The summed E-state index contributed by atoms with van der Waals surface area (Å²) < 4.78 is 0. The van der Waals surface area contributed by atoms with Gasteiger partial charge in [-0.05, 0) is 53.4 Å². The first kappa shape index (κ1) is 14.1. The summed E-state index contributed by atoms with van der Waals surface area (Å²) >= 11 is 3.85. The SMILES string of the molecule is CC(C)CCSCCNCCc1ccsc1. The highest BCUT2D eigenvalue weighted by Gasteiger charge is 1.95. The van der Waals surface area contributed by atoms with E-state index in [-0.39, 0.29) is 0 Å². The van der Waals surface area contributed by atoms with Gasteiger partial charge in [-0.1, -0.05) is 13.8 Å². The van der Waals surface area contributed by atoms with Crippen LogP contribution in [0.4, 0.5) is 0 Å². The summed E-state index contributed by atoms with van der Waals surface area (Å²) in [7, 11) is 0. The fraction of sp³-hybridized carbons (Fsp3) is 0.692. The zero-order valence-electron chi connectivity index (χ0n) is 10.4. The second kappa shape index (κ2) is 9.08. The van der Waals surface area contributed by atoms with Crippen molar-refractivity contribution >= 4 is 23.1 Å². The van der Waals surface area contributed by atoms with Gasteiger partial charge in [-0.15, -0.1) is 0 Å². The molecule has 0 saturated carbocycles. The largest absolute Gasteiger partial charge is 0.316 e. The van der Waals surface area contributed by atoms with Crippen LogP contribution in [0.2, 0.25) is 0 Å². The summed E-state index contributed by atoms with van der Waals surface area (Å²) in [6.45, 7) is 6.84. The molecule has 0 spiro atoms. The lowest BCUT2D eigenvalue weighted by Crippen LogP contribution is -2.20. The van der Waals surface area contributed by atoms with Crippen LogP contribution in [-0.2, 0) is 6.42 Å². The molecule has 1 rings (SSSR count). The molecule has 0 saturated heterocycles. The Morgan fingerprint density at radius 2 is 2.19 bits per heavy atom. The Hall–Kier alpha value is 0.01000. The molecular weight excluding hydrogens is 234 g/mol. The number of rotatable bonds is 9. The van der Waals surface area contributed by atoms with E-state index >= 15 is 0 Å². The molecule has 1 nitrogen and oxygen atoms in total. The van der Waals surface area contributed by atoms with Gasteiger partial charge in [-0.25, -0.2) is 0 Å². The summed E-state index contributed by atoms with van der Waals surface area (Å²) in [5.74, 6) is 3.40. The summed E-state index contributed by atoms with van der Waals surface area (Å²) in [6.07, 6.45) is 2.51. The van der Waals surface area contributed by atoms with Gasteiger partial charge in [0.25, 0.3) is 0 Å². The topological polar surface area (TPSA) is 12.0 Å². The maximum Gasteiger partial charge on any atom is 0.00581 e. The van der Waals surface area contributed by atoms with Crippen LogP contribution in [0.1, 0.15) is 25.8 Å². The lowest BCUT2D eigenvalue weighted by molar-refractivity contribution is 0.631. The van der Waals surface area contributed by atoms with Crippen LogP contribution in [0, 0.1) is 5.92 Å². The van der Waals surface area contributed by atoms with Gasteiger partial charge >= 0.3 is 0 Å². The van der Waals surface area contributed by atoms with Crippen molar-refractivity contribution in [2.45, 2.75) is 26.7 Å². The highest BCUT2D eigenvalue weighted by molar-refractivity contribution is 7.99. The second-order valence-corrected chi connectivity index (χ2v) is 6.43. The fourth-order valence-corrected chi connectivity index (χ4v) is 3.19. The van der Waals surface area contributed by atoms with E-state index in [9.17, 15) is 0 Å². The molecule has 1 aromatic heterocycles. The van der Waals surface area contributed by atoms with Crippen molar-refractivity contribution in [3.63, 3.8) is 0 Å². The maximum absolute atomic E-state index is 3.50. The van der Waals surface area contributed by atoms with Crippen molar-refractivity contribution in [2.24, 2.45) is 5.92 Å². The van der Waals surface area contributed by atoms with Crippen LogP contribution in [0.15, 0.2) is 16.8 Å². The van der Waals surface area contributed by atoms with Gasteiger partial charge in [0.05, 0.1) is 0 Å². The van der Waals surface area contributed by atoms with Gasteiger partial charge in [-0.2, -0.15) is 23.1 Å². The Morgan fingerprint density at radius 1 is 1.31 bits per heavy atom. The third-order valence-corrected chi connectivity index (χ3v) is 4.18. The van der Waals surface area contributed by atoms with Crippen molar-refractivity contribution in [2.75, 3.05) is 24.6 Å². The smallest absolute Gasteiger partial charge is 0.00581 e. The van der Waals surface area contributed by atoms with Crippen LogP contribution in [0.5, 0.6) is 0 Å². The molecule has 0 unspecified atom stereocenters. The third kappa shape index (κ3) is 7.31. The van der Waals surface area contributed by atoms with E-state index in [4.69, 9.17) is 0 Å². The lowest BCUT2D eigenvalue weighted by atomic mass is 10.2. The average molecular weight is 257 g/mol. The van der Waals surface area contributed by atoms with Crippen LogP contribution in [0.25, 0.3) is 0 Å². The summed E-state index contributed by atoms with van der Waals surface area (Å²) in [5.41, 5.74) is 1.46. The minimum atomic E-state index is 0.846. The zero-order valence-corrected chi connectivity index (χ0v) is 12.0. The normalized spacial score (nSPS) is 11.2. The molecule has 92 valence electrons. The Morgan fingerprint density at radius 3 is 2.88 bits per heavy atom. The minimum absolute atomic E-state index is 0.846. The summed E-state index contributed by atoms with van der Waals surface area (Å²) in [5, 5.41) is 7.88. The van der Waals surface area contributed by atoms with Gasteiger partial charge in [0, 0.05) is 12.3 Å². The van der Waals surface area contributed by atoms with Gasteiger partial charge in [-0.3, -0.25) is 0 Å². The van der Waals surface area contributed by atoms with Gasteiger partial charge in [0.1, 0.15) is 0 Å². The van der Waals surface area contributed by atoms with E-state index in [2.05, 4.69) is 47.8 Å². The van der Waals surface area contributed by atoms with Crippen molar-refractivity contribution in [3.05, 3.63) is 22.4 Å². The van der Waals surface area contributed by atoms with Crippen molar-refractivity contribution in [1.29, 1.82) is 0 Å². The minimum Gasteiger partial charge on any atom is -0.316 e. The van der Waals surface area contributed by atoms with E-state index in [1.807, 2.05) is 0 Å². The van der Waals surface area contributed by atoms with Crippen LogP contribution < -0.4 is 5.32 Å². The Bertz CT molecular complexity index is 244. The molecule has 0 atom stereocenters. The molecular formula is C13H23NS2. The summed E-state index contributed by atoms with van der Waals surface area (Å²) in [6, 6.07) is 2.21. The fourth-order valence-electron chi connectivity index (χ4n) is 1.36. The Kier molecular flexibility index (Phi) is 7.99. The predicted molar refractivity (Wildman–Crippen MR) is 77.7 cm³/mol. The Labute approximate surface area is 108 Å². The lowest BCUT2D eigenvalue weighted by Gasteiger charge is -2.05. The first-order valence-electron chi connectivity index (χ1n) is 6.08. The van der Waals surface area contributed by atoms with Gasteiger partial charge in [0.2, 0.25) is 0 Å². The van der Waals surface area contributed by atoms with E-state index in [1.165, 1.54) is 29.9 Å². The molecule has 3 heteroatoms. The predicted octanol–water partition coefficient (Wildman–Crippen LogP) is 3.66. The molecule has 16 heavy (non-hydrogen) atoms. The molecule has 0 aliphatic carbocycles. The van der Waals surface area contributed by atoms with Gasteiger partial charge < -0.3 is 5.32 Å². The number of thiophene rings is 1. The third-order valence-electron chi connectivity index (χ3n) is 2.43.